The zero-order valence-electron chi connectivity index (χ0n) is 18.8. The quantitative estimate of drug-likeness (QED) is 0.281. The van der Waals surface area contributed by atoms with Gasteiger partial charge < -0.3 is 4.84 Å². The second kappa shape index (κ2) is 7.98. The van der Waals surface area contributed by atoms with Gasteiger partial charge in [-0.05, 0) is 78.9 Å². The first-order valence-corrected chi connectivity index (χ1v) is 11.5. The van der Waals surface area contributed by atoms with Crippen LogP contribution in [0.2, 0.25) is 0 Å². The predicted octanol–water partition coefficient (Wildman–Crippen LogP) is 7.46. The van der Waals surface area contributed by atoms with Crippen LogP contribution in [0.25, 0.3) is 0 Å². The zero-order chi connectivity index (χ0) is 21.4. The van der Waals surface area contributed by atoms with E-state index in [0.717, 1.165) is 12.0 Å². The fourth-order valence-corrected chi connectivity index (χ4v) is 6.67. The molecule has 1 aromatic carbocycles. The summed E-state index contributed by atoms with van der Waals surface area (Å²) in [5.74, 6) is 1.09. The Kier molecular flexibility index (Phi) is 5.67. The van der Waals surface area contributed by atoms with Crippen molar-refractivity contribution in [3.63, 3.8) is 0 Å². The molecule has 3 aliphatic rings. The van der Waals surface area contributed by atoms with Crippen LogP contribution >= 0.6 is 0 Å². The van der Waals surface area contributed by atoms with E-state index in [2.05, 4.69) is 50.9 Å². The van der Waals surface area contributed by atoms with Crippen LogP contribution in [0, 0.1) is 33.9 Å². The summed E-state index contributed by atoms with van der Waals surface area (Å²) in [6, 6.07) is 6.42. The lowest BCUT2D eigenvalue weighted by Crippen LogP contribution is -2.50. The number of oxime groups is 1. The molecule has 1 aromatic rings. The predicted molar refractivity (Wildman–Crippen MR) is 122 cm³/mol. The summed E-state index contributed by atoms with van der Waals surface area (Å²) in [4.78, 5) is 5.61. The maximum Gasteiger partial charge on any atom is 0.142 e. The molecule has 0 heterocycles. The van der Waals surface area contributed by atoms with E-state index in [9.17, 15) is 4.39 Å². The molecule has 0 aromatic heterocycles. The Hall–Kier alpha value is -1.90. The van der Waals surface area contributed by atoms with Crippen molar-refractivity contribution in [1.29, 1.82) is 0 Å². The minimum absolute atomic E-state index is 0.0563. The molecular weight excluding hydrogens is 373 g/mol. The van der Waals surface area contributed by atoms with E-state index < -0.39 is 0 Å². The number of hydrogen-bond donors (Lipinski definition) is 0. The third kappa shape index (κ3) is 3.88. The topological polar surface area (TPSA) is 21.6 Å². The van der Waals surface area contributed by atoms with Gasteiger partial charge in [-0.15, -0.1) is 6.58 Å². The smallest absolute Gasteiger partial charge is 0.142 e. The van der Waals surface area contributed by atoms with Crippen LogP contribution in [0.5, 0.6) is 0 Å². The minimum Gasteiger partial charge on any atom is -0.391 e. The number of benzene rings is 1. The molecular formula is C27H36FNO. The van der Waals surface area contributed by atoms with Crippen LogP contribution in [-0.2, 0) is 11.4 Å². The van der Waals surface area contributed by atoms with Crippen molar-refractivity contribution in [2.75, 3.05) is 0 Å². The van der Waals surface area contributed by atoms with E-state index in [4.69, 9.17) is 4.84 Å². The van der Waals surface area contributed by atoms with Gasteiger partial charge in [0.05, 0.1) is 0 Å². The Morgan fingerprint density at radius 1 is 1.17 bits per heavy atom. The molecule has 0 bridgehead atoms. The molecule has 0 N–H and O–H groups in total. The number of halogens is 1. The van der Waals surface area contributed by atoms with Crippen molar-refractivity contribution in [2.24, 2.45) is 33.2 Å². The fraction of sp³-hybridized carbons (Fsp3) is 0.593. The molecule has 2 saturated carbocycles. The summed E-state index contributed by atoms with van der Waals surface area (Å²) in [6.07, 6.45) is 15.4. The lowest BCUT2D eigenvalue weighted by molar-refractivity contribution is 0.0113. The number of rotatable bonds is 5. The molecule has 3 aliphatic carbocycles. The van der Waals surface area contributed by atoms with E-state index in [1.807, 2.05) is 0 Å². The molecule has 0 aliphatic heterocycles. The summed E-state index contributed by atoms with van der Waals surface area (Å²) in [6.45, 7) is 11.7. The standard InChI is InChI=1S/C27H36FNO/c1-5-25(2)16-13-23-21(17-25)9-12-24-26(3,14-6-15-27(23,24)4)19-29-30-18-20-7-10-22(28)11-8-20/h5,7-8,10-11,13,19,21,24H,1,6,9,12,14-18H2,2-4H3/t21?,24?,25-,26-,27-/m1/s1. The summed E-state index contributed by atoms with van der Waals surface area (Å²) < 4.78 is 13.1. The lowest BCUT2D eigenvalue weighted by atomic mass is 9.46. The molecule has 2 nitrogen and oxygen atoms in total. The van der Waals surface area contributed by atoms with Crippen LogP contribution in [-0.4, -0.2) is 6.21 Å². The van der Waals surface area contributed by atoms with Crippen LogP contribution in [0.15, 0.2) is 53.7 Å². The Morgan fingerprint density at radius 3 is 2.67 bits per heavy atom. The molecule has 0 radical (unpaired) electrons. The minimum atomic E-state index is -0.225. The van der Waals surface area contributed by atoms with Gasteiger partial charge in [-0.2, -0.15) is 0 Å². The highest BCUT2D eigenvalue weighted by Crippen LogP contribution is 2.63. The highest BCUT2D eigenvalue weighted by molar-refractivity contribution is 5.66. The van der Waals surface area contributed by atoms with Gasteiger partial charge >= 0.3 is 0 Å². The Morgan fingerprint density at radius 2 is 1.93 bits per heavy atom. The SMILES string of the molecule is C=C[C@]1(C)CC=C2C(CCC3[C@@](C)(C=NOCc4ccc(F)cc4)CCC[C@]23C)C1. The van der Waals surface area contributed by atoms with Gasteiger partial charge in [-0.3, -0.25) is 0 Å². The first-order valence-electron chi connectivity index (χ1n) is 11.5. The lowest BCUT2D eigenvalue weighted by Gasteiger charge is -2.58. The van der Waals surface area contributed by atoms with E-state index >= 15 is 0 Å². The Balaban J connectivity index is 1.49. The summed E-state index contributed by atoms with van der Waals surface area (Å²) >= 11 is 0. The maximum atomic E-state index is 13.1. The third-order valence-corrected chi connectivity index (χ3v) is 8.44. The van der Waals surface area contributed by atoms with Gasteiger partial charge in [0.2, 0.25) is 0 Å². The first-order chi connectivity index (χ1) is 14.3. The molecule has 5 atom stereocenters. The van der Waals surface area contributed by atoms with Gasteiger partial charge in [0, 0.05) is 11.6 Å². The van der Waals surface area contributed by atoms with E-state index in [-0.39, 0.29) is 22.1 Å². The summed E-state index contributed by atoms with van der Waals surface area (Å²) in [7, 11) is 0. The number of hydrogen-bond acceptors (Lipinski definition) is 2. The molecule has 0 amide bonds. The number of allylic oxidation sites excluding steroid dienone is 3. The van der Waals surface area contributed by atoms with Crippen molar-refractivity contribution in [3.8, 4) is 0 Å². The Bertz CT molecular complexity index is 843. The van der Waals surface area contributed by atoms with E-state index in [0.29, 0.717) is 18.4 Å². The molecule has 2 unspecified atom stereocenters. The first kappa shape index (κ1) is 21.3. The fourth-order valence-electron chi connectivity index (χ4n) is 6.67. The molecule has 162 valence electrons. The average molecular weight is 410 g/mol. The van der Waals surface area contributed by atoms with Crippen molar-refractivity contribution >= 4 is 6.21 Å². The molecule has 2 fully saturated rings. The van der Waals surface area contributed by atoms with Crippen LogP contribution < -0.4 is 0 Å². The second-order valence-electron chi connectivity index (χ2n) is 10.7. The van der Waals surface area contributed by atoms with Gasteiger partial charge in [-0.1, -0.05) is 62.2 Å². The highest BCUT2D eigenvalue weighted by atomic mass is 19.1. The zero-order valence-corrected chi connectivity index (χ0v) is 18.8. The monoisotopic (exact) mass is 409 g/mol. The van der Waals surface area contributed by atoms with Gasteiger partial charge in [0.15, 0.2) is 0 Å². The normalized spacial score (nSPS) is 38.5. The molecule has 3 heteroatoms. The molecule has 0 spiro atoms. The summed E-state index contributed by atoms with van der Waals surface area (Å²) in [5, 5.41) is 4.40. The number of nitrogens with zero attached hydrogens (tertiary/aromatic N) is 1. The van der Waals surface area contributed by atoms with Gasteiger partial charge in [-0.25, -0.2) is 4.39 Å². The van der Waals surface area contributed by atoms with Crippen molar-refractivity contribution in [3.05, 3.63) is 60.0 Å². The van der Waals surface area contributed by atoms with Crippen LogP contribution in [0.3, 0.4) is 0 Å². The van der Waals surface area contributed by atoms with Gasteiger partial charge in [0.1, 0.15) is 12.4 Å². The summed E-state index contributed by atoms with van der Waals surface area (Å²) in [5.41, 5.74) is 3.22. The Labute approximate surface area is 181 Å². The van der Waals surface area contributed by atoms with Crippen molar-refractivity contribution < 1.29 is 9.23 Å². The molecule has 0 saturated heterocycles. The second-order valence-corrected chi connectivity index (χ2v) is 10.7. The number of fused-ring (bicyclic) bond motifs is 3. The van der Waals surface area contributed by atoms with Crippen molar-refractivity contribution in [1.82, 2.24) is 0 Å². The maximum absolute atomic E-state index is 13.1. The van der Waals surface area contributed by atoms with E-state index in [1.54, 1.807) is 17.7 Å². The van der Waals surface area contributed by atoms with Gasteiger partial charge in [0.25, 0.3) is 0 Å². The highest BCUT2D eigenvalue weighted by Gasteiger charge is 2.54. The van der Waals surface area contributed by atoms with E-state index in [1.165, 1.54) is 50.7 Å². The van der Waals surface area contributed by atoms with Crippen LogP contribution in [0.1, 0.15) is 71.3 Å². The van der Waals surface area contributed by atoms with Crippen molar-refractivity contribution in [2.45, 2.75) is 72.3 Å². The molecule has 4 rings (SSSR count). The third-order valence-electron chi connectivity index (χ3n) is 8.44. The average Bonchev–Trinajstić information content (AvgIpc) is 2.72. The van der Waals surface area contributed by atoms with Crippen LogP contribution in [0.4, 0.5) is 4.39 Å². The largest absolute Gasteiger partial charge is 0.391 e. The molecule has 30 heavy (non-hydrogen) atoms.